The first-order valence-electron chi connectivity index (χ1n) is 2.50. The van der Waals surface area contributed by atoms with Crippen molar-refractivity contribution in [2.45, 2.75) is 0 Å². The molecule has 0 aromatic heterocycles. The molecule has 2 atom stereocenters. The predicted molar refractivity (Wildman–Crippen MR) is 44.4 cm³/mol. The van der Waals surface area contributed by atoms with Crippen molar-refractivity contribution in [1.82, 2.24) is 0 Å². The average molecular weight is 292 g/mol. The molecule has 12 heteroatoms. The SMILES string of the molecule is O=C/C=C\C=O.O=S([O-])O.O=S([O-])O.[Na+].[Na+]. The molecule has 0 radical (unpaired) electrons. The fourth-order valence-electron chi connectivity index (χ4n) is 0.0907. The number of rotatable bonds is 2. The standard InChI is InChI=1S/C4H4O2.2Na.2H2O3S/c5-3-1-2-4-6;;;2*1-4(2)3/h1-4H;;;2*(H2,1,2,3)/q;2*+1;;/p-2/b2-1-;;;;. The van der Waals surface area contributed by atoms with Crippen LogP contribution in [0.5, 0.6) is 0 Å². The molecule has 0 spiro atoms. The number of carbonyl (C=O) groups is 2. The van der Waals surface area contributed by atoms with Gasteiger partial charge in [0, 0.05) is 0 Å². The van der Waals surface area contributed by atoms with Gasteiger partial charge in [-0.1, -0.05) is 0 Å². The van der Waals surface area contributed by atoms with Gasteiger partial charge in [0.25, 0.3) is 0 Å². The van der Waals surface area contributed by atoms with Crippen molar-refractivity contribution >= 4 is 35.3 Å². The summed E-state index contributed by atoms with van der Waals surface area (Å²) >= 11 is -5.72. The van der Waals surface area contributed by atoms with Crippen LogP contribution in [0.3, 0.4) is 0 Å². The molecule has 0 fully saturated rings. The van der Waals surface area contributed by atoms with Crippen molar-refractivity contribution in [3.05, 3.63) is 12.2 Å². The summed E-state index contributed by atoms with van der Waals surface area (Å²) in [5.74, 6) is 0. The zero-order chi connectivity index (χ0) is 12.0. The number of hydrogen-bond donors (Lipinski definition) is 2. The predicted octanol–water partition coefficient (Wildman–Crippen LogP) is -7.37. The van der Waals surface area contributed by atoms with Crippen molar-refractivity contribution in [2.24, 2.45) is 0 Å². The van der Waals surface area contributed by atoms with Crippen LogP contribution in [-0.4, -0.2) is 39.2 Å². The summed E-state index contributed by atoms with van der Waals surface area (Å²) in [6, 6.07) is 0. The van der Waals surface area contributed by atoms with E-state index in [2.05, 4.69) is 0 Å². The first-order valence-corrected chi connectivity index (χ1v) is 4.57. The largest absolute Gasteiger partial charge is 1.00 e. The maximum atomic E-state index is 9.32. The second-order valence-electron chi connectivity index (χ2n) is 1.09. The fraction of sp³-hybridized carbons (Fsp3) is 0. The molecule has 84 valence electrons. The van der Waals surface area contributed by atoms with E-state index in [4.69, 9.17) is 26.6 Å². The average Bonchev–Trinajstić information content (AvgIpc) is 1.98. The Morgan fingerprint density at radius 2 is 0.938 bits per heavy atom. The van der Waals surface area contributed by atoms with Gasteiger partial charge in [0.2, 0.25) is 0 Å². The minimum absolute atomic E-state index is 0. The smallest absolute Gasteiger partial charge is 0.750 e. The third-order valence-corrected chi connectivity index (χ3v) is 0.268. The molecule has 0 rings (SSSR count). The van der Waals surface area contributed by atoms with E-state index >= 15 is 0 Å². The van der Waals surface area contributed by atoms with Crippen molar-refractivity contribution < 1.29 is 95.3 Å². The van der Waals surface area contributed by atoms with Crippen LogP contribution in [0.4, 0.5) is 0 Å². The van der Waals surface area contributed by atoms with Gasteiger partial charge in [-0.3, -0.25) is 9.59 Å². The minimum Gasteiger partial charge on any atom is -0.750 e. The van der Waals surface area contributed by atoms with Crippen LogP contribution in [0.1, 0.15) is 0 Å². The fourth-order valence-corrected chi connectivity index (χ4v) is 0.0907. The Bertz CT molecular complexity index is 190. The maximum Gasteiger partial charge on any atom is 1.00 e. The van der Waals surface area contributed by atoms with Crippen LogP contribution >= 0.6 is 0 Å². The Morgan fingerprint density at radius 1 is 0.812 bits per heavy atom. The summed E-state index contributed by atoms with van der Waals surface area (Å²) in [5.41, 5.74) is 0. The molecule has 0 saturated heterocycles. The van der Waals surface area contributed by atoms with Gasteiger partial charge in [-0.15, -0.1) is 0 Å². The van der Waals surface area contributed by atoms with Crippen molar-refractivity contribution in [3.63, 3.8) is 0 Å². The zero-order valence-electron chi connectivity index (χ0n) is 8.47. The summed E-state index contributed by atoms with van der Waals surface area (Å²) in [5, 5.41) is 0. The van der Waals surface area contributed by atoms with E-state index < -0.39 is 22.7 Å². The van der Waals surface area contributed by atoms with Crippen LogP contribution in [0, 0.1) is 0 Å². The monoisotopic (exact) mass is 292 g/mol. The number of carbonyl (C=O) groups excluding carboxylic acids is 2. The molecular weight excluding hydrogens is 286 g/mol. The molecule has 0 aromatic carbocycles. The molecule has 16 heavy (non-hydrogen) atoms. The Morgan fingerprint density at radius 3 is 1.00 bits per heavy atom. The van der Waals surface area contributed by atoms with E-state index in [0.29, 0.717) is 12.6 Å². The minimum atomic E-state index is -2.86. The van der Waals surface area contributed by atoms with Gasteiger partial charge in [-0.05, 0) is 12.2 Å². The van der Waals surface area contributed by atoms with Gasteiger partial charge < -0.3 is 18.2 Å². The van der Waals surface area contributed by atoms with Crippen LogP contribution in [-0.2, 0) is 32.3 Å². The van der Waals surface area contributed by atoms with Crippen molar-refractivity contribution in [2.75, 3.05) is 0 Å². The molecule has 0 aliphatic rings. The molecule has 0 aliphatic carbocycles. The van der Waals surface area contributed by atoms with E-state index in [1.165, 1.54) is 0 Å². The number of aldehydes is 2. The molecule has 0 heterocycles. The number of hydrogen-bond acceptors (Lipinski definition) is 6. The normalized spacial score (nSPS) is 11.0. The zero-order valence-corrected chi connectivity index (χ0v) is 14.1. The Kier molecular flexibility index (Phi) is 56.6. The van der Waals surface area contributed by atoms with E-state index in [1.807, 2.05) is 0 Å². The van der Waals surface area contributed by atoms with E-state index in [1.54, 1.807) is 0 Å². The van der Waals surface area contributed by atoms with E-state index in [-0.39, 0.29) is 59.1 Å². The summed E-state index contributed by atoms with van der Waals surface area (Å²) in [6.07, 6.45) is 3.36. The molecule has 0 aromatic rings. The van der Waals surface area contributed by atoms with Gasteiger partial charge in [-0.25, -0.2) is 8.42 Å². The third kappa shape index (κ3) is 173. The summed E-state index contributed by atoms with van der Waals surface area (Å²) in [4.78, 5) is 18.6. The van der Waals surface area contributed by atoms with Crippen molar-refractivity contribution in [3.8, 4) is 0 Å². The van der Waals surface area contributed by atoms with Gasteiger partial charge in [0.05, 0.1) is 22.7 Å². The van der Waals surface area contributed by atoms with Gasteiger partial charge in [0.1, 0.15) is 12.6 Å². The van der Waals surface area contributed by atoms with E-state index in [0.717, 1.165) is 12.2 Å². The topological polar surface area (TPSA) is 155 Å². The van der Waals surface area contributed by atoms with Crippen LogP contribution in [0.2, 0.25) is 0 Å². The third-order valence-electron chi connectivity index (χ3n) is 0.268. The molecule has 0 aliphatic heterocycles. The molecule has 2 N–H and O–H groups in total. The Labute approximate surface area is 141 Å². The van der Waals surface area contributed by atoms with Crippen LogP contribution in [0.25, 0.3) is 0 Å². The Hall–Kier alpha value is 1.22. The summed E-state index contributed by atoms with van der Waals surface area (Å²) in [6.45, 7) is 0. The van der Waals surface area contributed by atoms with Gasteiger partial charge >= 0.3 is 59.1 Å². The summed E-state index contributed by atoms with van der Waals surface area (Å²) < 4.78 is 48.2. The Balaban J connectivity index is -0.0000000367. The molecule has 0 bridgehead atoms. The molecule has 8 nitrogen and oxygen atoms in total. The second-order valence-corrected chi connectivity index (χ2v) is 1.96. The molecule has 0 amide bonds. The van der Waals surface area contributed by atoms with E-state index in [9.17, 15) is 9.59 Å². The van der Waals surface area contributed by atoms with Crippen LogP contribution in [0.15, 0.2) is 12.2 Å². The molecular formula is C4H6Na2O8S2. The molecule has 0 saturated carbocycles. The second kappa shape index (κ2) is 29.8. The van der Waals surface area contributed by atoms with Crippen molar-refractivity contribution in [1.29, 1.82) is 0 Å². The van der Waals surface area contributed by atoms with Crippen LogP contribution < -0.4 is 59.1 Å². The molecule has 2 unspecified atom stereocenters. The van der Waals surface area contributed by atoms with Gasteiger partial charge in [0.15, 0.2) is 0 Å². The quantitative estimate of drug-likeness (QED) is 0.220. The first kappa shape index (κ1) is 30.3. The van der Waals surface area contributed by atoms with Gasteiger partial charge in [-0.2, -0.15) is 0 Å². The number of allylic oxidation sites excluding steroid dienone is 2. The first-order chi connectivity index (χ1) is 6.38. The summed E-state index contributed by atoms with van der Waals surface area (Å²) in [7, 11) is 0. The maximum absolute atomic E-state index is 9.32.